The Morgan fingerprint density at radius 2 is 1.92 bits per heavy atom. The van der Waals surface area contributed by atoms with Crippen LogP contribution < -0.4 is 14.8 Å². The van der Waals surface area contributed by atoms with Crippen LogP contribution in [0.15, 0.2) is 30.4 Å². The van der Waals surface area contributed by atoms with Gasteiger partial charge in [-0.3, -0.25) is 4.79 Å². The second kappa shape index (κ2) is 8.72. The highest BCUT2D eigenvalue weighted by atomic mass is 16.7. The molecule has 0 fully saturated rings. The van der Waals surface area contributed by atoms with Crippen molar-refractivity contribution in [2.45, 2.75) is 26.5 Å². The molecule has 0 bridgehead atoms. The maximum absolute atomic E-state index is 12.0. The molecule has 1 amide bonds. The minimum absolute atomic E-state index is 0.178. The topological polar surface area (TPSA) is 100 Å². The second-order valence-electron chi connectivity index (χ2n) is 5.07. The number of esters is 2. The second-order valence-corrected chi connectivity index (χ2v) is 5.07. The van der Waals surface area contributed by atoms with Gasteiger partial charge in [-0.05, 0) is 31.5 Å². The molecule has 0 unspecified atom stereocenters. The van der Waals surface area contributed by atoms with E-state index in [4.69, 9.17) is 14.2 Å². The molecule has 1 aromatic carbocycles. The third kappa shape index (κ3) is 5.52. The molecule has 1 aliphatic heterocycles. The lowest BCUT2D eigenvalue weighted by atomic mass is 10.2. The molecular weight excluding hydrogens is 330 g/mol. The fourth-order valence-electron chi connectivity index (χ4n) is 1.98. The van der Waals surface area contributed by atoms with Crippen molar-refractivity contribution >= 4 is 17.8 Å². The Hall–Kier alpha value is -3.03. The zero-order valence-corrected chi connectivity index (χ0v) is 13.9. The zero-order chi connectivity index (χ0) is 18.2. The van der Waals surface area contributed by atoms with E-state index in [1.54, 1.807) is 25.1 Å². The average molecular weight is 349 g/mol. The van der Waals surface area contributed by atoms with E-state index in [0.29, 0.717) is 11.5 Å². The minimum Gasteiger partial charge on any atom is -0.463 e. The third-order valence-electron chi connectivity index (χ3n) is 3.21. The molecule has 1 aromatic rings. The molecule has 0 saturated carbocycles. The van der Waals surface area contributed by atoms with Crippen molar-refractivity contribution in [2.24, 2.45) is 0 Å². The van der Waals surface area contributed by atoms with Crippen LogP contribution in [-0.4, -0.2) is 37.3 Å². The highest BCUT2D eigenvalue weighted by Gasteiger charge is 2.17. The predicted octanol–water partition coefficient (Wildman–Crippen LogP) is 1.08. The number of nitrogens with one attached hydrogen (secondary N) is 1. The van der Waals surface area contributed by atoms with Gasteiger partial charge in [-0.1, -0.05) is 6.07 Å². The number of carbonyl (C=O) groups is 3. The number of ether oxygens (including phenoxy) is 4. The Morgan fingerprint density at radius 1 is 1.20 bits per heavy atom. The number of benzene rings is 1. The minimum atomic E-state index is -1.01. The summed E-state index contributed by atoms with van der Waals surface area (Å²) in [4.78, 5) is 34.6. The molecule has 0 aliphatic carbocycles. The molecule has 25 heavy (non-hydrogen) atoms. The molecule has 134 valence electrons. The summed E-state index contributed by atoms with van der Waals surface area (Å²) in [6.45, 7) is 3.71. The summed E-state index contributed by atoms with van der Waals surface area (Å²) < 4.78 is 20.0. The van der Waals surface area contributed by atoms with Gasteiger partial charge in [-0.15, -0.1) is 0 Å². The Balaban J connectivity index is 1.78. The highest BCUT2D eigenvalue weighted by Crippen LogP contribution is 2.32. The van der Waals surface area contributed by atoms with Crippen LogP contribution in [0.5, 0.6) is 11.5 Å². The first-order valence-electron chi connectivity index (χ1n) is 7.71. The van der Waals surface area contributed by atoms with Crippen molar-refractivity contribution in [1.29, 1.82) is 0 Å². The normalized spacial score (nSPS) is 13.4. The molecule has 1 heterocycles. The number of hydrogen-bond acceptors (Lipinski definition) is 7. The molecule has 0 saturated heterocycles. The first-order valence-corrected chi connectivity index (χ1v) is 7.71. The lowest BCUT2D eigenvalue weighted by Gasteiger charge is -2.12. The molecule has 8 heteroatoms. The summed E-state index contributed by atoms with van der Waals surface area (Å²) in [6.07, 6.45) is 0.858. The maximum Gasteiger partial charge on any atom is 0.331 e. The van der Waals surface area contributed by atoms with Crippen molar-refractivity contribution in [1.82, 2.24) is 5.32 Å². The van der Waals surface area contributed by atoms with Crippen LogP contribution in [0.3, 0.4) is 0 Å². The van der Waals surface area contributed by atoms with Gasteiger partial charge >= 0.3 is 11.9 Å². The Bertz CT molecular complexity index is 684. The summed E-state index contributed by atoms with van der Waals surface area (Å²) in [5, 5.41) is 2.65. The van der Waals surface area contributed by atoms with Gasteiger partial charge in [0.1, 0.15) is 0 Å². The monoisotopic (exact) mass is 349 g/mol. The molecule has 8 nitrogen and oxygen atoms in total. The summed E-state index contributed by atoms with van der Waals surface area (Å²) in [5.74, 6) is -0.644. The fraction of sp³-hybridized carbons (Fsp3) is 0.353. The van der Waals surface area contributed by atoms with Gasteiger partial charge < -0.3 is 24.3 Å². The van der Waals surface area contributed by atoms with Crippen LogP contribution in [0.2, 0.25) is 0 Å². The molecular formula is C17H19NO7. The molecule has 2 rings (SSSR count). The third-order valence-corrected chi connectivity index (χ3v) is 3.21. The number of carbonyl (C=O) groups excluding carboxylic acids is 3. The summed E-state index contributed by atoms with van der Waals surface area (Å²) in [7, 11) is 0. The van der Waals surface area contributed by atoms with Gasteiger partial charge in [0, 0.05) is 18.7 Å². The predicted molar refractivity (Wildman–Crippen MR) is 85.7 cm³/mol. The van der Waals surface area contributed by atoms with Gasteiger partial charge in [0.05, 0.1) is 6.61 Å². The molecule has 1 N–H and O–H groups in total. The van der Waals surface area contributed by atoms with E-state index in [1.807, 2.05) is 0 Å². The van der Waals surface area contributed by atoms with Crippen LogP contribution in [0.1, 0.15) is 19.4 Å². The van der Waals surface area contributed by atoms with Gasteiger partial charge in [-0.25, -0.2) is 9.59 Å². The smallest absolute Gasteiger partial charge is 0.331 e. The zero-order valence-electron chi connectivity index (χ0n) is 13.9. The standard InChI is InChI=1S/C17H19NO7/c1-3-22-15(19)6-7-16(20)25-11(2)17(21)18-9-12-4-5-13-14(8-12)24-10-23-13/h4-8,11H,3,9-10H2,1-2H3,(H,18,21)/b7-6+/t11-/m0/s1. The Morgan fingerprint density at radius 3 is 2.68 bits per heavy atom. The summed E-state index contributed by atoms with van der Waals surface area (Å²) >= 11 is 0. The van der Waals surface area contributed by atoms with Crippen LogP contribution in [0.4, 0.5) is 0 Å². The fourth-order valence-corrected chi connectivity index (χ4v) is 1.98. The van der Waals surface area contributed by atoms with Crippen LogP contribution in [0.25, 0.3) is 0 Å². The number of hydrogen-bond donors (Lipinski definition) is 1. The molecule has 0 spiro atoms. The van der Waals surface area contributed by atoms with Gasteiger partial charge in [0.25, 0.3) is 5.91 Å². The SMILES string of the molecule is CCOC(=O)/C=C/C(=O)O[C@@H](C)C(=O)NCc1ccc2c(c1)OCO2. The van der Waals surface area contributed by atoms with Crippen molar-refractivity contribution in [3.05, 3.63) is 35.9 Å². The first kappa shape index (κ1) is 18.3. The quantitative estimate of drug-likeness (QED) is 0.581. The van der Waals surface area contributed by atoms with Crippen molar-refractivity contribution in [3.63, 3.8) is 0 Å². The Labute approximate surface area is 144 Å². The molecule has 1 aliphatic rings. The first-order chi connectivity index (χ1) is 12.0. The van der Waals surface area contributed by atoms with Gasteiger partial charge in [0.15, 0.2) is 17.6 Å². The van der Waals surface area contributed by atoms with Crippen molar-refractivity contribution in [2.75, 3.05) is 13.4 Å². The largest absolute Gasteiger partial charge is 0.463 e. The molecule has 0 radical (unpaired) electrons. The lowest BCUT2D eigenvalue weighted by molar-refractivity contribution is -0.150. The van der Waals surface area contributed by atoms with Crippen LogP contribution in [0, 0.1) is 0 Å². The number of fused-ring (bicyclic) bond motifs is 1. The highest BCUT2D eigenvalue weighted by molar-refractivity contribution is 5.93. The molecule has 0 aromatic heterocycles. The summed E-state index contributed by atoms with van der Waals surface area (Å²) in [5.41, 5.74) is 0.818. The van der Waals surface area contributed by atoms with Crippen LogP contribution >= 0.6 is 0 Å². The van der Waals surface area contributed by atoms with E-state index < -0.39 is 23.9 Å². The number of rotatable bonds is 7. The maximum atomic E-state index is 12.0. The van der Waals surface area contributed by atoms with Crippen molar-refractivity contribution < 1.29 is 33.3 Å². The van der Waals surface area contributed by atoms with Crippen LogP contribution in [-0.2, 0) is 30.4 Å². The van der Waals surface area contributed by atoms with E-state index in [9.17, 15) is 14.4 Å². The van der Waals surface area contributed by atoms with E-state index in [0.717, 1.165) is 17.7 Å². The average Bonchev–Trinajstić information content (AvgIpc) is 3.05. The van der Waals surface area contributed by atoms with E-state index in [-0.39, 0.29) is 19.9 Å². The van der Waals surface area contributed by atoms with Gasteiger partial charge in [0.2, 0.25) is 6.79 Å². The number of amides is 1. The van der Waals surface area contributed by atoms with Crippen molar-refractivity contribution in [3.8, 4) is 11.5 Å². The van der Waals surface area contributed by atoms with E-state index in [1.165, 1.54) is 6.92 Å². The Kier molecular flexibility index (Phi) is 6.39. The van der Waals surface area contributed by atoms with Gasteiger partial charge in [-0.2, -0.15) is 0 Å². The lowest BCUT2D eigenvalue weighted by Crippen LogP contribution is -2.35. The molecule has 1 atom stereocenters. The van der Waals surface area contributed by atoms with E-state index >= 15 is 0 Å². The van der Waals surface area contributed by atoms with E-state index in [2.05, 4.69) is 10.1 Å². The summed E-state index contributed by atoms with van der Waals surface area (Å²) in [6, 6.07) is 5.32.